The van der Waals surface area contributed by atoms with Gasteiger partial charge in [0.15, 0.2) is 5.78 Å². The Balaban J connectivity index is 1.15. The van der Waals surface area contributed by atoms with Crippen LogP contribution in [0.2, 0.25) is 0 Å². The van der Waals surface area contributed by atoms with Crippen molar-refractivity contribution < 1.29 is 9.59 Å². The van der Waals surface area contributed by atoms with Crippen LogP contribution in [0.5, 0.6) is 0 Å². The number of rotatable bonds is 7. The van der Waals surface area contributed by atoms with E-state index >= 15 is 0 Å². The predicted molar refractivity (Wildman–Crippen MR) is 140 cm³/mol. The average Bonchev–Trinajstić information content (AvgIpc) is 3.25. The summed E-state index contributed by atoms with van der Waals surface area (Å²) in [7, 11) is 0. The summed E-state index contributed by atoms with van der Waals surface area (Å²) in [5.74, 6) is 0.308. The molecule has 0 aliphatic heterocycles. The van der Waals surface area contributed by atoms with Crippen molar-refractivity contribution in [3.63, 3.8) is 0 Å². The summed E-state index contributed by atoms with van der Waals surface area (Å²) in [4.78, 5) is 25.9. The van der Waals surface area contributed by atoms with E-state index in [0.29, 0.717) is 5.75 Å². The van der Waals surface area contributed by atoms with Crippen molar-refractivity contribution in [2.75, 3.05) is 11.1 Å². The van der Waals surface area contributed by atoms with Crippen LogP contribution in [0.3, 0.4) is 0 Å². The second-order valence-electron chi connectivity index (χ2n) is 8.18. The van der Waals surface area contributed by atoms with Gasteiger partial charge in [-0.1, -0.05) is 66.7 Å². The van der Waals surface area contributed by atoms with Gasteiger partial charge in [-0.3, -0.25) is 9.59 Å². The van der Waals surface area contributed by atoms with Crippen molar-refractivity contribution in [3.8, 4) is 11.1 Å². The Morgan fingerprint density at radius 3 is 2.35 bits per heavy atom. The van der Waals surface area contributed by atoms with Gasteiger partial charge in [-0.25, -0.2) is 0 Å². The normalized spacial score (nSPS) is 11.8. The number of nitrogens with one attached hydrogen (secondary N) is 1. The van der Waals surface area contributed by atoms with Crippen LogP contribution in [0.1, 0.15) is 27.0 Å². The molecule has 4 aromatic carbocycles. The second-order valence-corrected chi connectivity index (χ2v) is 9.22. The van der Waals surface area contributed by atoms with E-state index in [1.807, 2.05) is 66.7 Å². The van der Waals surface area contributed by atoms with Gasteiger partial charge in [-0.2, -0.15) is 0 Å². The van der Waals surface area contributed by atoms with Crippen molar-refractivity contribution >= 4 is 35.2 Å². The number of hydrogen-bond acceptors (Lipinski definition) is 3. The van der Waals surface area contributed by atoms with Gasteiger partial charge in [0.05, 0.1) is 5.75 Å². The van der Waals surface area contributed by atoms with E-state index in [1.54, 1.807) is 6.08 Å². The maximum absolute atomic E-state index is 12.8. The minimum absolute atomic E-state index is 0.118. The van der Waals surface area contributed by atoms with Crippen LogP contribution in [0.15, 0.2) is 108 Å². The number of carbonyl (C=O) groups excluding carboxylic acids is 2. The summed E-state index contributed by atoms with van der Waals surface area (Å²) in [6, 6.07) is 31.7. The molecular formula is C30H23NO2S. The summed E-state index contributed by atoms with van der Waals surface area (Å²) in [6.07, 6.45) is 4.18. The summed E-state index contributed by atoms with van der Waals surface area (Å²) < 4.78 is 0. The van der Waals surface area contributed by atoms with Crippen LogP contribution in [-0.2, 0) is 11.2 Å². The molecule has 0 aromatic heterocycles. The van der Waals surface area contributed by atoms with Gasteiger partial charge < -0.3 is 5.32 Å². The van der Waals surface area contributed by atoms with Gasteiger partial charge in [-0.05, 0) is 70.6 Å². The lowest BCUT2D eigenvalue weighted by molar-refractivity contribution is -0.111. The lowest BCUT2D eigenvalue weighted by atomic mass is 10.0. The van der Waals surface area contributed by atoms with Gasteiger partial charge in [0.1, 0.15) is 0 Å². The average molecular weight is 462 g/mol. The number of Topliss-reactive ketones (excluding diaryl/α,β-unsaturated/α-hetero) is 1. The van der Waals surface area contributed by atoms with Gasteiger partial charge in [-0.15, -0.1) is 11.8 Å². The molecule has 4 aromatic rings. The van der Waals surface area contributed by atoms with Gasteiger partial charge >= 0.3 is 0 Å². The Morgan fingerprint density at radius 2 is 1.53 bits per heavy atom. The molecule has 5 rings (SSSR count). The van der Waals surface area contributed by atoms with E-state index in [2.05, 4.69) is 35.6 Å². The van der Waals surface area contributed by atoms with Gasteiger partial charge in [0.2, 0.25) is 5.91 Å². The first-order chi connectivity index (χ1) is 16.7. The zero-order chi connectivity index (χ0) is 23.3. The fraction of sp³-hybridized carbons (Fsp3) is 0.0667. The molecular weight excluding hydrogens is 438 g/mol. The van der Waals surface area contributed by atoms with E-state index in [0.717, 1.165) is 28.1 Å². The number of ketones is 1. The molecule has 0 fully saturated rings. The molecule has 34 heavy (non-hydrogen) atoms. The highest BCUT2D eigenvalue weighted by atomic mass is 32.2. The van der Waals surface area contributed by atoms with Crippen molar-refractivity contribution in [1.29, 1.82) is 0 Å². The maximum Gasteiger partial charge on any atom is 0.248 e. The molecule has 0 atom stereocenters. The molecule has 1 N–H and O–H groups in total. The zero-order valence-corrected chi connectivity index (χ0v) is 19.3. The predicted octanol–water partition coefficient (Wildman–Crippen LogP) is 6.88. The van der Waals surface area contributed by atoms with Gasteiger partial charge in [0, 0.05) is 22.2 Å². The van der Waals surface area contributed by atoms with E-state index in [9.17, 15) is 9.59 Å². The highest BCUT2D eigenvalue weighted by Crippen LogP contribution is 2.37. The maximum atomic E-state index is 12.8. The second kappa shape index (κ2) is 9.94. The van der Waals surface area contributed by atoms with Crippen LogP contribution in [0.4, 0.5) is 5.69 Å². The number of hydrogen-bond donors (Lipinski definition) is 1. The summed E-state index contributed by atoms with van der Waals surface area (Å²) in [6.45, 7) is 0. The van der Waals surface area contributed by atoms with Crippen molar-refractivity contribution in [2.24, 2.45) is 0 Å². The topological polar surface area (TPSA) is 46.2 Å². The summed E-state index contributed by atoms with van der Waals surface area (Å²) >= 11 is 1.50. The molecule has 0 heterocycles. The van der Waals surface area contributed by atoms with Crippen LogP contribution >= 0.6 is 11.8 Å². The molecule has 4 heteroatoms. The number of thioether (sulfide) groups is 1. The molecule has 0 unspecified atom stereocenters. The Kier molecular flexibility index (Phi) is 6.41. The molecule has 166 valence electrons. The van der Waals surface area contributed by atoms with Crippen LogP contribution < -0.4 is 5.32 Å². The third-order valence-electron chi connectivity index (χ3n) is 5.83. The van der Waals surface area contributed by atoms with E-state index in [4.69, 9.17) is 0 Å². The molecule has 0 spiro atoms. The van der Waals surface area contributed by atoms with Crippen molar-refractivity contribution in [2.45, 2.75) is 11.3 Å². The van der Waals surface area contributed by atoms with Crippen LogP contribution in [0.25, 0.3) is 17.2 Å². The number of carbonyl (C=O) groups is 2. The Bertz CT molecular complexity index is 1370. The highest BCUT2D eigenvalue weighted by molar-refractivity contribution is 8.00. The largest absolute Gasteiger partial charge is 0.323 e. The highest BCUT2D eigenvalue weighted by Gasteiger charge is 2.19. The summed E-state index contributed by atoms with van der Waals surface area (Å²) in [5, 5.41) is 2.86. The van der Waals surface area contributed by atoms with Crippen LogP contribution in [-0.4, -0.2) is 17.4 Å². The fourth-order valence-corrected chi connectivity index (χ4v) is 4.90. The third-order valence-corrected chi connectivity index (χ3v) is 6.85. The molecule has 1 amide bonds. The molecule has 1 aliphatic rings. The van der Waals surface area contributed by atoms with E-state index in [-0.39, 0.29) is 11.7 Å². The molecule has 0 saturated carbocycles. The lowest BCUT2D eigenvalue weighted by Crippen LogP contribution is -2.07. The first kappa shape index (κ1) is 21.9. The quantitative estimate of drug-likeness (QED) is 0.163. The Labute approximate surface area is 203 Å². The number of fused-ring (bicyclic) bond motifs is 3. The zero-order valence-electron chi connectivity index (χ0n) is 18.5. The SMILES string of the molecule is O=C(/C=C/c1ccccc1)Nc1ccc(SCC(=O)c2ccc3c(c2)Cc2ccccc2-3)cc1. The molecule has 1 aliphatic carbocycles. The van der Waals surface area contributed by atoms with E-state index in [1.165, 1.54) is 40.1 Å². The first-order valence-corrected chi connectivity index (χ1v) is 12.2. The monoisotopic (exact) mass is 461 g/mol. The van der Waals surface area contributed by atoms with Crippen molar-refractivity contribution in [1.82, 2.24) is 0 Å². The minimum Gasteiger partial charge on any atom is -0.323 e. The molecule has 3 nitrogen and oxygen atoms in total. The number of anilines is 1. The van der Waals surface area contributed by atoms with Gasteiger partial charge in [0.25, 0.3) is 0 Å². The van der Waals surface area contributed by atoms with Crippen LogP contribution in [0, 0.1) is 0 Å². The Morgan fingerprint density at radius 1 is 0.794 bits per heavy atom. The summed E-state index contributed by atoms with van der Waals surface area (Å²) in [5.41, 5.74) is 7.49. The van der Waals surface area contributed by atoms with Crippen molar-refractivity contribution in [3.05, 3.63) is 125 Å². The number of amides is 1. The lowest BCUT2D eigenvalue weighted by Gasteiger charge is -2.06. The Hall–Kier alpha value is -3.89. The molecule has 0 bridgehead atoms. The molecule has 0 saturated heterocycles. The number of benzene rings is 4. The third kappa shape index (κ3) is 5.03. The fourth-order valence-electron chi connectivity index (χ4n) is 4.11. The molecule has 0 radical (unpaired) electrons. The minimum atomic E-state index is -0.182. The standard InChI is InChI=1S/C30H23NO2S/c32-29(23-11-16-28-24(19-23)18-22-8-4-5-9-27(22)28)20-34-26-14-12-25(13-15-26)31-30(33)17-10-21-6-2-1-3-7-21/h1-17,19H,18,20H2,(H,31,33)/b17-10+. The first-order valence-electron chi connectivity index (χ1n) is 11.2. The van der Waals surface area contributed by atoms with E-state index < -0.39 is 0 Å². The smallest absolute Gasteiger partial charge is 0.248 e.